The lowest BCUT2D eigenvalue weighted by molar-refractivity contribution is 0.168. The summed E-state index contributed by atoms with van der Waals surface area (Å²) in [6.07, 6.45) is 4.36. The maximum Gasteiger partial charge on any atom is 0.130 e. The molecule has 3 heteroatoms. The van der Waals surface area contributed by atoms with Gasteiger partial charge in [0.05, 0.1) is 6.10 Å². The van der Waals surface area contributed by atoms with E-state index in [9.17, 15) is 5.11 Å². The van der Waals surface area contributed by atoms with Crippen LogP contribution in [0.4, 0.5) is 0 Å². The first-order chi connectivity index (χ1) is 5.33. The summed E-state index contributed by atoms with van der Waals surface area (Å²) in [6.45, 7) is 1.94. The van der Waals surface area contributed by atoms with Crippen LogP contribution in [0.25, 0.3) is 0 Å². The topological polar surface area (TPSA) is 46.0 Å². The van der Waals surface area contributed by atoms with Crippen LogP contribution in [0.1, 0.15) is 19.2 Å². The number of aliphatic hydroxyl groups excluding tert-OH is 1. The van der Waals surface area contributed by atoms with Crippen molar-refractivity contribution in [2.45, 2.75) is 25.9 Å². The van der Waals surface area contributed by atoms with Crippen LogP contribution >= 0.6 is 0 Å². The Balaban J connectivity index is 2.51. The van der Waals surface area contributed by atoms with E-state index in [2.05, 4.69) is 9.97 Å². The van der Waals surface area contributed by atoms with Gasteiger partial charge in [-0.3, -0.25) is 0 Å². The molecule has 1 aromatic heterocycles. The summed E-state index contributed by atoms with van der Waals surface area (Å²) >= 11 is 0. The molecule has 1 N–H and O–H groups in total. The van der Waals surface area contributed by atoms with E-state index in [1.165, 1.54) is 0 Å². The first-order valence-electron chi connectivity index (χ1n) is 3.77. The molecule has 0 fully saturated rings. The molecule has 11 heavy (non-hydrogen) atoms. The van der Waals surface area contributed by atoms with Gasteiger partial charge in [-0.2, -0.15) is 0 Å². The molecule has 1 heterocycles. The van der Waals surface area contributed by atoms with E-state index in [0.717, 1.165) is 6.42 Å². The predicted molar refractivity (Wildman–Crippen MR) is 42.0 cm³/mol. The van der Waals surface area contributed by atoms with E-state index in [-0.39, 0.29) is 6.10 Å². The smallest absolute Gasteiger partial charge is 0.130 e. The largest absolute Gasteiger partial charge is 0.393 e. The zero-order valence-corrected chi connectivity index (χ0v) is 6.57. The van der Waals surface area contributed by atoms with E-state index in [0.29, 0.717) is 12.2 Å². The van der Waals surface area contributed by atoms with E-state index in [1.54, 1.807) is 18.5 Å². The van der Waals surface area contributed by atoms with Crippen molar-refractivity contribution in [3.8, 4) is 0 Å². The van der Waals surface area contributed by atoms with Crippen molar-refractivity contribution in [2.24, 2.45) is 0 Å². The van der Waals surface area contributed by atoms with E-state index >= 15 is 0 Å². The van der Waals surface area contributed by atoms with Crippen molar-refractivity contribution >= 4 is 0 Å². The van der Waals surface area contributed by atoms with Crippen molar-refractivity contribution < 1.29 is 5.11 Å². The Morgan fingerprint density at radius 1 is 1.45 bits per heavy atom. The fourth-order valence-corrected chi connectivity index (χ4v) is 0.790. The molecule has 0 bridgehead atoms. The number of hydrogen-bond acceptors (Lipinski definition) is 3. The quantitative estimate of drug-likeness (QED) is 0.696. The number of nitrogens with zero attached hydrogens (tertiary/aromatic N) is 2. The van der Waals surface area contributed by atoms with Gasteiger partial charge in [-0.05, 0) is 12.5 Å². The van der Waals surface area contributed by atoms with Gasteiger partial charge in [-0.25, -0.2) is 9.97 Å². The van der Waals surface area contributed by atoms with Crippen LogP contribution in [0.5, 0.6) is 0 Å². The molecule has 60 valence electrons. The first-order valence-corrected chi connectivity index (χ1v) is 3.77. The van der Waals surface area contributed by atoms with Gasteiger partial charge in [-0.1, -0.05) is 6.92 Å². The zero-order chi connectivity index (χ0) is 8.10. The summed E-state index contributed by atoms with van der Waals surface area (Å²) in [4.78, 5) is 7.99. The average Bonchev–Trinajstić information content (AvgIpc) is 2.06. The lowest BCUT2D eigenvalue weighted by Crippen LogP contribution is -2.10. The molecular weight excluding hydrogens is 140 g/mol. The molecule has 0 aliphatic heterocycles. The molecule has 1 atom stereocenters. The number of aromatic nitrogens is 2. The second-order valence-corrected chi connectivity index (χ2v) is 2.43. The minimum absolute atomic E-state index is 0.308. The van der Waals surface area contributed by atoms with Gasteiger partial charge in [0.2, 0.25) is 0 Å². The molecule has 0 aliphatic rings. The predicted octanol–water partition coefficient (Wildman–Crippen LogP) is 0.790. The third-order valence-corrected chi connectivity index (χ3v) is 1.51. The normalized spacial score (nSPS) is 12.9. The van der Waals surface area contributed by atoms with Crippen molar-refractivity contribution in [1.29, 1.82) is 0 Å². The second-order valence-electron chi connectivity index (χ2n) is 2.43. The summed E-state index contributed by atoms with van der Waals surface area (Å²) < 4.78 is 0. The Morgan fingerprint density at radius 3 is 2.64 bits per heavy atom. The number of rotatable bonds is 3. The van der Waals surface area contributed by atoms with Crippen LogP contribution < -0.4 is 0 Å². The molecule has 0 saturated heterocycles. The standard InChI is InChI=1S/C8H12N2O/c1-2-7(11)6-8-9-4-3-5-10-8/h3-5,7,11H,2,6H2,1H3. The highest BCUT2D eigenvalue weighted by Gasteiger charge is 2.02. The molecular formula is C8H12N2O. The van der Waals surface area contributed by atoms with Crippen molar-refractivity contribution in [2.75, 3.05) is 0 Å². The highest BCUT2D eigenvalue weighted by Crippen LogP contribution is 1.98. The molecule has 3 nitrogen and oxygen atoms in total. The van der Waals surface area contributed by atoms with E-state index < -0.39 is 0 Å². The molecule has 0 amide bonds. The SMILES string of the molecule is CCC(O)Cc1ncccn1. The molecule has 0 spiro atoms. The van der Waals surface area contributed by atoms with Crippen LogP contribution in [-0.4, -0.2) is 21.2 Å². The van der Waals surface area contributed by atoms with Crippen molar-refractivity contribution in [3.05, 3.63) is 24.3 Å². The van der Waals surface area contributed by atoms with Crippen LogP contribution in [-0.2, 0) is 6.42 Å². The van der Waals surface area contributed by atoms with Crippen LogP contribution in [0.15, 0.2) is 18.5 Å². The van der Waals surface area contributed by atoms with Crippen molar-refractivity contribution in [1.82, 2.24) is 9.97 Å². The fraction of sp³-hybridized carbons (Fsp3) is 0.500. The molecule has 0 saturated carbocycles. The van der Waals surface area contributed by atoms with E-state index in [1.807, 2.05) is 6.92 Å². The third kappa shape index (κ3) is 2.63. The fourth-order valence-electron chi connectivity index (χ4n) is 0.790. The van der Waals surface area contributed by atoms with Crippen LogP contribution in [0.2, 0.25) is 0 Å². The number of aliphatic hydroxyl groups is 1. The van der Waals surface area contributed by atoms with Gasteiger partial charge in [-0.15, -0.1) is 0 Å². The maximum atomic E-state index is 9.23. The van der Waals surface area contributed by atoms with Gasteiger partial charge in [0.1, 0.15) is 5.82 Å². The summed E-state index contributed by atoms with van der Waals surface area (Å²) in [5, 5.41) is 9.23. The zero-order valence-electron chi connectivity index (χ0n) is 6.57. The number of hydrogen-bond donors (Lipinski definition) is 1. The molecule has 1 unspecified atom stereocenters. The Labute approximate surface area is 66.1 Å². The highest BCUT2D eigenvalue weighted by molar-refractivity contribution is 4.89. The third-order valence-electron chi connectivity index (χ3n) is 1.51. The van der Waals surface area contributed by atoms with Crippen LogP contribution in [0.3, 0.4) is 0 Å². The Bertz CT molecular complexity index is 201. The van der Waals surface area contributed by atoms with E-state index in [4.69, 9.17) is 0 Å². The van der Waals surface area contributed by atoms with Crippen LogP contribution in [0, 0.1) is 0 Å². The highest BCUT2D eigenvalue weighted by atomic mass is 16.3. The van der Waals surface area contributed by atoms with Gasteiger partial charge in [0.25, 0.3) is 0 Å². The Morgan fingerprint density at radius 2 is 2.09 bits per heavy atom. The van der Waals surface area contributed by atoms with Gasteiger partial charge >= 0.3 is 0 Å². The summed E-state index contributed by atoms with van der Waals surface area (Å²) in [6, 6.07) is 1.77. The summed E-state index contributed by atoms with van der Waals surface area (Å²) in [5.41, 5.74) is 0. The minimum atomic E-state index is -0.308. The average molecular weight is 152 g/mol. The molecule has 0 aromatic carbocycles. The Hall–Kier alpha value is -0.960. The maximum absolute atomic E-state index is 9.23. The van der Waals surface area contributed by atoms with Crippen molar-refractivity contribution in [3.63, 3.8) is 0 Å². The second kappa shape index (κ2) is 4.03. The van der Waals surface area contributed by atoms with Gasteiger partial charge < -0.3 is 5.11 Å². The lowest BCUT2D eigenvalue weighted by atomic mass is 10.2. The Kier molecular flexibility index (Phi) is 2.98. The first kappa shape index (κ1) is 8.14. The van der Waals surface area contributed by atoms with Gasteiger partial charge in [0.15, 0.2) is 0 Å². The lowest BCUT2D eigenvalue weighted by Gasteiger charge is -2.04. The summed E-state index contributed by atoms with van der Waals surface area (Å²) in [7, 11) is 0. The van der Waals surface area contributed by atoms with Gasteiger partial charge in [0, 0.05) is 18.8 Å². The molecule has 1 aromatic rings. The molecule has 1 rings (SSSR count). The molecule has 0 aliphatic carbocycles. The summed E-state index contributed by atoms with van der Waals surface area (Å²) in [5.74, 6) is 0.710. The minimum Gasteiger partial charge on any atom is -0.393 e. The molecule has 0 radical (unpaired) electrons. The monoisotopic (exact) mass is 152 g/mol.